The molecule has 2 aliphatic carbocycles. The van der Waals surface area contributed by atoms with E-state index in [2.05, 4.69) is 38.6 Å². The van der Waals surface area contributed by atoms with Gasteiger partial charge >= 0.3 is 5.97 Å². The van der Waals surface area contributed by atoms with Gasteiger partial charge in [-0.15, -0.1) is 0 Å². The summed E-state index contributed by atoms with van der Waals surface area (Å²) in [6, 6.07) is 11.6. The Labute approximate surface area is 234 Å². The fourth-order valence-electron chi connectivity index (χ4n) is 9.70. The molecule has 6 nitrogen and oxygen atoms in total. The van der Waals surface area contributed by atoms with Gasteiger partial charge in [-0.05, 0) is 88.3 Å². The number of piperidine rings is 3. The fourth-order valence-corrected chi connectivity index (χ4v) is 9.70. The second-order valence-electron chi connectivity index (χ2n) is 13.7. The first kappa shape index (κ1) is 26.0. The van der Waals surface area contributed by atoms with E-state index in [1.807, 2.05) is 0 Å². The Kier molecular flexibility index (Phi) is 7.44. The van der Waals surface area contributed by atoms with Crippen LogP contribution in [0.25, 0.3) is 11.0 Å². The Morgan fingerprint density at radius 2 is 1.59 bits per heavy atom. The molecule has 0 spiro atoms. The number of benzene rings is 1. The summed E-state index contributed by atoms with van der Waals surface area (Å²) in [5.41, 5.74) is 2.46. The number of esters is 1. The average molecular weight is 533 g/mol. The van der Waals surface area contributed by atoms with Crippen molar-refractivity contribution in [3.63, 3.8) is 0 Å². The van der Waals surface area contributed by atoms with Crippen molar-refractivity contribution in [2.24, 2.45) is 11.8 Å². The number of carbonyl (C=O) groups is 1. The molecular formula is C33H48N4O2. The van der Waals surface area contributed by atoms with Gasteiger partial charge in [-0.1, -0.05) is 44.2 Å². The molecule has 0 unspecified atom stereocenters. The predicted octanol–water partition coefficient (Wildman–Crippen LogP) is 6.31. The summed E-state index contributed by atoms with van der Waals surface area (Å²) in [5, 5.41) is 0. The number of methoxy groups -OCH3 is 1. The topological polar surface area (TPSA) is 50.6 Å². The van der Waals surface area contributed by atoms with Crippen LogP contribution >= 0.6 is 0 Å². The van der Waals surface area contributed by atoms with Gasteiger partial charge in [0.25, 0.3) is 0 Å². The highest BCUT2D eigenvalue weighted by Crippen LogP contribution is 2.48. The summed E-state index contributed by atoms with van der Waals surface area (Å²) >= 11 is 0. The van der Waals surface area contributed by atoms with Crippen LogP contribution in [-0.2, 0) is 9.53 Å². The summed E-state index contributed by atoms with van der Waals surface area (Å²) in [4.78, 5) is 22.7. The molecular weight excluding hydrogens is 484 g/mol. The number of imidazole rings is 1. The molecule has 39 heavy (non-hydrogen) atoms. The van der Waals surface area contributed by atoms with Crippen molar-refractivity contribution >= 4 is 17.0 Å². The molecule has 3 saturated heterocycles. The highest BCUT2D eigenvalue weighted by atomic mass is 16.5. The van der Waals surface area contributed by atoms with Gasteiger partial charge in [-0.2, -0.15) is 0 Å². The zero-order valence-corrected chi connectivity index (χ0v) is 24.0. The lowest BCUT2D eigenvalue weighted by Crippen LogP contribution is -2.58. The zero-order valence-electron chi connectivity index (χ0n) is 24.0. The molecule has 4 bridgehead atoms. The van der Waals surface area contributed by atoms with Gasteiger partial charge in [0.15, 0.2) is 0 Å². The minimum Gasteiger partial charge on any atom is -0.468 e. The third-order valence-electron chi connectivity index (χ3n) is 11.2. The summed E-state index contributed by atoms with van der Waals surface area (Å²) < 4.78 is 7.67. The van der Waals surface area contributed by atoms with Crippen molar-refractivity contribution in [1.29, 1.82) is 0 Å². The molecule has 2 saturated carbocycles. The second kappa shape index (κ2) is 11.2. The number of hydrogen-bond acceptors (Lipinski definition) is 5. The number of nitrogens with zero attached hydrogens (tertiary/aromatic N) is 4. The first-order valence-electron chi connectivity index (χ1n) is 16.2. The van der Waals surface area contributed by atoms with Crippen molar-refractivity contribution in [3.8, 4) is 0 Å². The second-order valence-corrected chi connectivity index (χ2v) is 13.7. The van der Waals surface area contributed by atoms with E-state index in [-0.39, 0.29) is 5.97 Å². The standard InChI is InChI=1S/C33H48N4O2/c1-39-32(38)22-35-15-7-10-25(21-35)33-34-30-13-4-5-14-31(30)37(33)29-19-26-11-6-12-27(20-29)36(26)28-17-23-8-2-3-9-24(16-23)18-28/h4-5,13-14,23-29H,2-3,6-12,15-22H2,1H3/t23-,24+,25-,26-,27+,28-,29-/m0/s1. The minimum atomic E-state index is -0.132. The molecule has 3 aliphatic heterocycles. The van der Waals surface area contributed by atoms with Crippen LogP contribution in [-0.4, -0.2) is 70.2 Å². The van der Waals surface area contributed by atoms with Crippen molar-refractivity contribution < 1.29 is 9.53 Å². The van der Waals surface area contributed by atoms with Gasteiger partial charge < -0.3 is 9.30 Å². The van der Waals surface area contributed by atoms with Crippen molar-refractivity contribution in [3.05, 3.63) is 30.1 Å². The molecule has 0 radical (unpaired) electrons. The van der Waals surface area contributed by atoms with E-state index in [0.29, 0.717) is 18.5 Å². The monoisotopic (exact) mass is 532 g/mol. The van der Waals surface area contributed by atoms with Crippen LogP contribution in [0, 0.1) is 11.8 Å². The summed E-state index contributed by atoms with van der Waals surface area (Å²) in [6.07, 6.45) is 19.3. The number of para-hydroxylation sites is 2. The van der Waals surface area contributed by atoms with Crippen molar-refractivity contribution in [2.45, 2.75) is 120 Å². The maximum absolute atomic E-state index is 12.0. The van der Waals surface area contributed by atoms with Crippen LogP contribution in [0.5, 0.6) is 0 Å². The highest BCUT2D eigenvalue weighted by molar-refractivity contribution is 5.76. The van der Waals surface area contributed by atoms with Crippen LogP contribution in [0.2, 0.25) is 0 Å². The Balaban J connectivity index is 1.16. The number of fused-ring (bicyclic) bond motifs is 5. The minimum absolute atomic E-state index is 0.132. The Hall–Kier alpha value is -1.92. The van der Waals surface area contributed by atoms with Crippen molar-refractivity contribution in [1.82, 2.24) is 19.4 Å². The first-order chi connectivity index (χ1) is 19.2. The molecule has 2 aromatic rings. The van der Waals surface area contributed by atoms with E-state index in [0.717, 1.165) is 61.4 Å². The van der Waals surface area contributed by atoms with E-state index in [1.165, 1.54) is 95.5 Å². The van der Waals surface area contributed by atoms with Crippen LogP contribution in [0.3, 0.4) is 0 Å². The molecule has 4 heterocycles. The number of aromatic nitrogens is 2. The maximum Gasteiger partial charge on any atom is 0.319 e. The molecule has 5 fully saturated rings. The summed E-state index contributed by atoms with van der Waals surface area (Å²) in [6.45, 7) is 2.26. The Morgan fingerprint density at radius 1 is 0.846 bits per heavy atom. The normalized spacial score (nSPS) is 36.0. The Morgan fingerprint density at radius 3 is 2.33 bits per heavy atom. The lowest BCUT2D eigenvalue weighted by atomic mass is 9.73. The molecule has 5 aliphatic rings. The quantitative estimate of drug-likeness (QED) is 0.423. The SMILES string of the molecule is COC(=O)CN1CCC[C@H](c2nc3ccccc3n2[C@@H]2C[C@H]3CCC[C@@H](C2)N3[C@@H]2C[C@@H]3CCCC[C@@H](C3)C2)C1. The van der Waals surface area contributed by atoms with E-state index < -0.39 is 0 Å². The van der Waals surface area contributed by atoms with Gasteiger partial charge in [0.1, 0.15) is 5.82 Å². The van der Waals surface area contributed by atoms with Gasteiger partial charge in [0.2, 0.25) is 0 Å². The molecule has 1 aromatic carbocycles. The molecule has 0 N–H and O–H groups in total. The van der Waals surface area contributed by atoms with Gasteiger partial charge in [0.05, 0.1) is 24.7 Å². The number of rotatable bonds is 5. The molecule has 0 amide bonds. The molecule has 212 valence electrons. The van der Waals surface area contributed by atoms with E-state index in [1.54, 1.807) is 0 Å². The van der Waals surface area contributed by atoms with E-state index in [4.69, 9.17) is 9.72 Å². The van der Waals surface area contributed by atoms with Gasteiger partial charge in [0, 0.05) is 36.6 Å². The number of hydrogen-bond donors (Lipinski definition) is 0. The highest BCUT2D eigenvalue weighted by Gasteiger charge is 2.45. The van der Waals surface area contributed by atoms with E-state index in [9.17, 15) is 4.79 Å². The summed E-state index contributed by atoms with van der Waals surface area (Å²) in [7, 11) is 1.49. The molecule has 1 aromatic heterocycles. The van der Waals surface area contributed by atoms with Crippen LogP contribution < -0.4 is 0 Å². The number of ether oxygens (including phenoxy) is 1. The Bertz CT molecular complexity index is 1130. The maximum atomic E-state index is 12.0. The number of carbonyl (C=O) groups excluding carboxylic acids is 1. The molecule has 7 atom stereocenters. The lowest BCUT2D eigenvalue weighted by molar-refractivity contribution is -0.142. The van der Waals surface area contributed by atoms with Crippen LogP contribution in [0.4, 0.5) is 0 Å². The number of likely N-dealkylation sites (tertiary alicyclic amines) is 1. The third-order valence-corrected chi connectivity index (χ3v) is 11.2. The molecule has 6 heteroatoms. The van der Waals surface area contributed by atoms with E-state index >= 15 is 0 Å². The predicted molar refractivity (Wildman–Crippen MR) is 155 cm³/mol. The summed E-state index contributed by atoms with van der Waals surface area (Å²) in [5.74, 6) is 3.48. The van der Waals surface area contributed by atoms with Crippen molar-refractivity contribution in [2.75, 3.05) is 26.7 Å². The molecule has 7 rings (SSSR count). The van der Waals surface area contributed by atoms with Crippen LogP contribution in [0.15, 0.2) is 24.3 Å². The van der Waals surface area contributed by atoms with Gasteiger partial charge in [-0.3, -0.25) is 14.6 Å². The largest absolute Gasteiger partial charge is 0.468 e. The zero-order chi connectivity index (χ0) is 26.3. The lowest BCUT2D eigenvalue weighted by Gasteiger charge is -2.55. The van der Waals surface area contributed by atoms with Gasteiger partial charge in [-0.25, -0.2) is 4.98 Å². The smallest absolute Gasteiger partial charge is 0.319 e. The third kappa shape index (κ3) is 5.16. The van der Waals surface area contributed by atoms with Crippen LogP contribution in [0.1, 0.15) is 108 Å². The first-order valence-corrected chi connectivity index (χ1v) is 16.2. The average Bonchev–Trinajstić information content (AvgIpc) is 3.26. The fraction of sp³-hybridized carbons (Fsp3) is 0.758.